The predicted molar refractivity (Wildman–Crippen MR) is 89.5 cm³/mol. The number of anilines is 1. The number of halogens is 1. The summed E-state index contributed by atoms with van der Waals surface area (Å²) in [6, 6.07) is 7.57. The fourth-order valence-electron chi connectivity index (χ4n) is 2.58. The Hall–Kier alpha value is -3.03. The molecule has 2 amide bonds. The normalized spacial score (nSPS) is 14.3. The first-order valence-electron chi connectivity index (χ1n) is 7.94. The first-order chi connectivity index (χ1) is 12.2. The maximum atomic E-state index is 12.9. The van der Waals surface area contributed by atoms with E-state index in [0.717, 1.165) is 12.0 Å². The molecule has 1 aromatic carbocycles. The van der Waals surface area contributed by atoms with Crippen molar-refractivity contribution >= 4 is 18.1 Å². The summed E-state index contributed by atoms with van der Waals surface area (Å²) in [6.07, 6.45) is 2.19. The molecule has 1 saturated heterocycles. The molecule has 2 aromatic rings. The Kier molecular flexibility index (Phi) is 5.17. The molecule has 1 fully saturated rings. The van der Waals surface area contributed by atoms with Crippen LogP contribution in [0.2, 0.25) is 0 Å². The fourth-order valence-corrected chi connectivity index (χ4v) is 2.58. The van der Waals surface area contributed by atoms with Gasteiger partial charge in [0.05, 0.1) is 0 Å². The van der Waals surface area contributed by atoms with Crippen LogP contribution in [0.1, 0.15) is 16.1 Å². The summed E-state index contributed by atoms with van der Waals surface area (Å²) in [5.74, 6) is 0.0252. The van der Waals surface area contributed by atoms with Crippen LogP contribution < -0.4 is 10.2 Å². The van der Waals surface area contributed by atoms with E-state index in [1.807, 2.05) is 4.90 Å². The topological polar surface area (TPSA) is 78.4 Å². The van der Waals surface area contributed by atoms with E-state index in [0.29, 0.717) is 32.0 Å². The molecule has 0 aliphatic carbocycles. The largest absolute Gasteiger partial charge is 0.353 e. The number of piperazine rings is 1. The summed E-state index contributed by atoms with van der Waals surface area (Å²) < 4.78 is 12.9. The lowest BCUT2D eigenvalue weighted by atomic mass is 10.2. The zero-order valence-corrected chi connectivity index (χ0v) is 13.6. The van der Waals surface area contributed by atoms with Crippen LogP contribution in [0.25, 0.3) is 0 Å². The molecule has 8 heteroatoms. The molecule has 7 nitrogen and oxygen atoms in total. The second kappa shape index (κ2) is 7.69. The monoisotopic (exact) mass is 343 g/mol. The first-order valence-corrected chi connectivity index (χ1v) is 7.94. The van der Waals surface area contributed by atoms with Crippen LogP contribution in [0.15, 0.2) is 36.7 Å². The Balaban J connectivity index is 1.61. The molecule has 0 saturated carbocycles. The van der Waals surface area contributed by atoms with Crippen LogP contribution in [0.4, 0.5) is 10.2 Å². The number of hydrogen-bond donors (Lipinski definition) is 1. The third-order valence-corrected chi connectivity index (χ3v) is 4.04. The average molecular weight is 343 g/mol. The average Bonchev–Trinajstić information content (AvgIpc) is 2.67. The number of hydrogen-bond acceptors (Lipinski definition) is 5. The molecule has 0 radical (unpaired) electrons. The zero-order valence-electron chi connectivity index (χ0n) is 13.6. The van der Waals surface area contributed by atoms with Crippen molar-refractivity contribution in [1.82, 2.24) is 20.2 Å². The van der Waals surface area contributed by atoms with Gasteiger partial charge in [0.25, 0.3) is 5.91 Å². The van der Waals surface area contributed by atoms with E-state index in [4.69, 9.17) is 0 Å². The summed E-state index contributed by atoms with van der Waals surface area (Å²) in [7, 11) is 0. The van der Waals surface area contributed by atoms with Crippen LogP contribution in [0.5, 0.6) is 0 Å². The number of nitrogens with zero attached hydrogens (tertiary/aromatic N) is 4. The van der Waals surface area contributed by atoms with Gasteiger partial charge < -0.3 is 15.1 Å². The standard InChI is InChI=1S/C17H18FN5O2/c18-14-3-1-13(2-4-14)10-19-17(25)15-9-16(21-11-20-15)23-7-5-22(12-24)6-8-23/h1-4,9,11-12H,5-8,10H2,(H,19,25). The third-order valence-electron chi connectivity index (χ3n) is 4.04. The maximum absolute atomic E-state index is 12.9. The van der Waals surface area contributed by atoms with Gasteiger partial charge in [-0.1, -0.05) is 12.1 Å². The number of aromatic nitrogens is 2. The molecular weight excluding hydrogens is 325 g/mol. The minimum absolute atomic E-state index is 0.268. The maximum Gasteiger partial charge on any atom is 0.270 e. The van der Waals surface area contributed by atoms with E-state index >= 15 is 0 Å². The highest BCUT2D eigenvalue weighted by molar-refractivity contribution is 5.92. The molecule has 2 heterocycles. The predicted octanol–water partition coefficient (Wildman–Crippen LogP) is 0.824. The number of benzene rings is 1. The van der Waals surface area contributed by atoms with Crippen LogP contribution in [-0.2, 0) is 11.3 Å². The van der Waals surface area contributed by atoms with E-state index in [1.54, 1.807) is 23.1 Å². The molecular formula is C17H18FN5O2. The summed E-state index contributed by atoms with van der Waals surface area (Å²) in [6.45, 7) is 2.86. The molecule has 1 N–H and O–H groups in total. The third kappa shape index (κ3) is 4.28. The van der Waals surface area contributed by atoms with Crippen LogP contribution in [0.3, 0.4) is 0 Å². The zero-order chi connectivity index (χ0) is 17.6. The lowest BCUT2D eigenvalue weighted by Gasteiger charge is -2.33. The molecule has 1 aliphatic heterocycles. The molecule has 0 bridgehead atoms. The number of rotatable bonds is 5. The van der Waals surface area contributed by atoms with E-state index in [2.05, 4.69) is 15.3 Å². The van der Waals surface area contributed by atoms with E-state index in [1.165, 1.54) is 18.5 Å². The van der Waals surface area contributed by atoms with Crippen LogP contribution in [-0.4, -0.2) is 53.4 Å². The molecule has 0 spiro atoms. The molecule has 3 rings (SSSR count). The molecule has 1 aromatic heterocycles. The summed E-state index contributed by atoms with van der Waals surface area (Å²) in [5, 5.41) is 2.76. The minimum Gasteiger partial charge on any atom is -0.353 e. The second-order valence-corrected chi connectivity index (χ2v) is 5.70. The molecule has 0 atom stereocenters. The van der Waals surface area contributed by atoms with Gasteiger partial charge in [0.1, 0.15) is 23.7 Å². The Morgan fingerprint density at radius 3 is 2.56 bits per heavy atom. The lowest BCUT2D eigenvalue weighted by Crippen LogP contribution is -2.46. The van der Waals surface area contributed by atoms with Gasteiger partial charge in [0.15, 0.2) is 0 Å². The Morgan fingerprint density at radius 2 is 1.88 bits per heavy atom. The van der Waals surface area contributed by atoms with Crippen molar-refractivity contribution in [3.63, 3.8) is 0 Å². The van der Waals surface area contributed by atoms with Gasteiger partial charge in [-0.25, -0.2) is 14.4 Å². The second-order valence-electron chi connectivity index (χ2n) is 5.70. The number of amides is 2. The molecule has 1 aliphatic rings. The lowest BCUT2D eigenvalue weighted by molar-refractivity contribution is -0.118. The smallest absolute Gasteiger partial charge is 0.270 e. The van der Waals surface area contributed by atoms with Gasteiger partial charge in [-0.05, 0) is 17.7 Å². The van der Waals surface area contributed by atoms with Crippen LogP contribution >= 0.6 is 0 Å². The fraction of sp³-hybridized carbons (Fsp3) is 0.294. The Labute approximate surface area is 144 Å². The number of carbonyl (C=O) groups excluding carboxylic acids is 2. The molecule has 130 valence electrons. The highest BCUT2D eigenvalue weighted by Crippen LogP contribution is 2.13. The van der Waals surface area contributed by atoms with Crippen molar-refractivity contribution in [1.29, 1.82) is 0 Å². The summed E-state index contributed by atoms with van der Waals surface area (Å²) in [4.78, 5) is 35.0. The summed E-state index contributed by atoms with van der Waals surface area (Å²) in [5.41, 5.74) is 1.07. The first kappa shape index (κ1) is 16.8. The molecule has 25 heavy (non-hydrogen) atoms. The van der Waals surface area contributed by atoms with Gasteiger partial charge in [0, 0.05) is 38.8 Å². The van der Waals surface area contributed by atoms with Gasteiger partial charge in [0.2, 0.25) is 6.41 Å². The van der Waals surface area contributed by atoms with Gasteiger partial charge >= 0.3 is 0 Å². The molecule has 0 unspecified atom stereocenters. The highest BCUT2D eigenvalue weighted by Gasteiger charge is 2.18. The summed E-state index contributed by atoms with van der Waals surface area (Å²) >= 11 is 0. The van der Waals surface area contributed by atoms with E-state index in [-0.39, 0.29) is 24.0 Å². The SMILES string of the molecule is O=CN1CCN(c2cc(C(=O)NCc3ccc(F)cc3)ncn2)CC1. The van der Waals surface area contributed by atoms with Gasteiger partial charge in [-0.15, -0.1) is 0 Å². The van der Waals surface area contributed by atoms with Gasteiger partial charge in [-0.3, -0.25) is 9.59 Å². The highest BCUT2D eigenvalue weighted by atomic mass is 19.1. The Morgan fingerprint density at radius 1 is 1.16 bits per heavy atom. The van der Waals surface area contributed by atoms with E-state index in [9.17, 15) is 14.0 Å². The van der Waals surface area contributed by atoms with E-state index < -0.39 is 0 Å². The number of carbonyl (C=O) groups is 2. The van der Waals surface area contributed by atoms with Crippen LogP contribution in [0, 0.1) is 5.82 Å². The number of nitrogens with one attached hydrogen (secondary N) is 1. The quantitative estimate of drug-likeness (QED) is 0.814. The van der Waals surface area contributed by atoms with Crippen molar-refractivity contribution in [2.75, 3.05) is 31.1 Å². The van der Waals surface area contributed by atoms with Crippen molar-refractivity contribution in [2.24, 2.45) is 0 Å². The minimum atomic E-state index is -0.320. The Bertz CT molecular complexity index is 745. The van der Waals surface area contributed by atoms with Crippen molar-refractivity contribution in [3.8, 4) is 0 Å². The van der Waals surface area contributed by atoms with Gasteiger partial charge in [-0.2, -0.15) is 0 Å². The van der Waals surface area contributed by atoms with Crippen molar-refractivity contribution < 1.29 is 14.0 Å². The van der Waals surface area contributed by atoms with Crippen molar-refractivity contribution in [3.05, 3.63) is 53.7 Å². The van der Waals surface area contributed by atoms with Crippen molar-refractivity contribution in [2.45, 2.75) is 6.54 Å².